The summed E-state index contributed by atoms with van der Waals surface area (Å²) >= 11 is 0. The predicted molar refractivity (Wildman–Crippen MR) is 285 cm³/mol. The Morgan fingerprint density at radius 1 is 0.361 bits per heavy atom. The molecule has 3 aromatic rings. The number of aromatic amines is 2. The fourth-order valence-corrected chi connectivity index (χ4v) is 7.27. The lowest BCUT2D eigenvalue weighted by molar-refractivity contribution is 0.238. The van der Waals surface area contributed by atoms with Crippen LogP contribution in [0.1, 0.15) is 128 Å². The molecule has 0 atom stereocenters. The third-order valence-corrected chi connectivity index (χ3v) is 11.2. The van der Waals surface area contributed by atoms with Gasteiger partial charge in [0.25, 0.3) is 0 Å². The van der Waals surface area contributed by atoms with Crippen LogP contribution in [0.25, 0.3) is 46.4 Å². The number of amides is 8. The molecule has 0 unspecified atom stereocenters. The van der Waals surface area contributed by atoms with E-state index in [1.807, 2.05) is 48.6 Å². The van der Waals surface area contributed by atoms with Crippen molar-refractivity contribution >= 4 is 70.5 Å². The number of unbranched alkanes of at least 4 members (excludes halogenated alkanes) is 4. The molecule has 0 fully saturated rings. The number of carbonyl (C=O) groups excluding carboxylic acids is 4. The summed E-state index contributed by atoms with van der Waals surface area (Å²) in [5.41, 5.74) is 4.66. The van der Waals surface area contributed by atoms with Gasteiger partial charge in [-0.15, -0.1) is 0 Å². The number of hydrogen-bond donors (Lipinski definition) is 10. The lowest BCUT2D eigenvalue weighted by Gasteiger charge is -2.11. The van der Waals surface area contributed by atoms with E-state index in [-0.39, 0.29) is 50.6 Å². The van der Waals surface area contributed by atoms with Crippen molar-refractivity contribution in [2.75, 3.05) is 78.8 Å². The van der Waals surface area contributed by atoms with Crippen molar-refractivity contribution in [3.63, 3.8) is 0 Å². The van der Waals surface area contributed by atoms with Crippen LogP contribution in [0, 0.1) is 0 Å². The van der Waals surface area contributed by atoms with E-state index in [2.05, 4.69) is 80.2 Å². The molecule has 0 saturated carbocycles. The van der Waals surface area contributed by atoms with Crippen molar-refractivity contribution in [3.05, 3.63) is 47.0 Å². The largest absolute Gasteiger partial charge is 0.489 e. The van der Waals surface area contributed by atoms with Gasteiger partial charge >= 0.3 is 24.1 Å². The highest BCUT2D eigenvalue weighted by molar-refractivity contribution is 5.87. The van der Waals surface area contributed by atoms with Gasteiger partial charge in [0.1, 0.15) is 22.8 Å². The summed E-state index contributed by atoms with van der Waals surface area (Å²) in [5.74, 6) is 1.90. The number of hydrogen-bond acceptors (Lipinski definition) is 10. The molecule has 20 heteroatoms. The Kier molecular flexibility index (Phi) is 24.8. The Bertz CT molecular complexity index is 2290. The van der Waals surface area contributed by atoms with Gasteiger partial charge in [-0.1, -0.05) is 53.4 Å². The fourth-order valence-electron chi connectivity index (χ4n) is 7.27. The maximum absolute atomic E-state index is 12.4. The average Bonchev–Trinajstić information content (AvgIpc) is 4.23. The van der Waals surface area contributed by atoms with Crippen LogP contribution < -0.4 is 61.5 Å². The third-order valence-electron chi connectivity index (χ3n) is 11.2. The first-order valence-electron chi connectivity index (χ1n) is 26.0. The molecule has 20 nitrogen and oxygen atoms in total. The van der Waals surface area contributed by atoms with Gasteiger partial charge in [-0.3, -0.25) is 0 Å². The molecular formula is C52H78N12O8. The number of aromatic nitrogens is 4. The monoisotopic (exact) mass is 999 g/mol. The van der Waals surface area contributed by atoms with E-state index in [9.17, 15) is 19.2 Å². The molecule has 0 aliphatic carbocycles. The van der Waals surface area contributed by atoms with Crippen molar-refractivity contribution in [2.24, 2.45) is 0 Å². The molecule has 5 heterocycles. The summed E-state index contributed by atoms with van der Waals surface area (Å²) in [4.78, 5) is 66.6. The number of nitrogens with one attached hydrogen (secondary N) is 10. The van der Waals surface area contributed by atoms with Crippen LogP contribution in [-0.4, -0.2) is 123 Å². The zero-order chi connectivity index (χ0) is 51.2. The Morgan fingerprint density at radius 2 is 0.597 bits per heavy atom. The lowest BCUT2D eigenvalue weighted by Crippen LogP contribution is -2.36. The highest BCUT2D eigenvalue weighted by Crippen LogP contribution is 2.36. The SMILES string of the molecule is CCCCNC(=O)NCCCOc1c2nc(c(OCCCNC(=O)NCCCC)c3ccc([nH]3)c(OCCCNC(=O)NCCCC)c3ccc([nH]3)c(OCCCNC(=O)NCCCC)c3nc1C=C3)C=C2. The summed E-state index contributed by atoms with van der Waals surface area (Å²) in [6.45, 7) is 13.4. The molecule has 8 bridgehead atoms. The average molecular weight is 999 g/mol. The van der Waals surface area contributed by atoms with E-state index in [1.54, 1.807) is 0 Å². The zero-order valence-corrected chi connectivity index (χ0v) is 42.7. The number of ether oxygens (including phenoxy) is 4. The second-order valence-electron chi connectivity index (χ2n) is 17.3. The molecule has 0 saturated heterocycles. The fraction of sp³-hybridized carbons (Fsp3) is 0.538. The van der Waals surface area contributed by atoms with Gasteiger partial charge < -0.3 is 71.4 Å². The minimum atomic E-state index is -0.221. The summed E-state index contributed by atoms with van der Waals surface area (Å²) in [6.07, 6.45) is 17.1. The van der Waals surface area contributed by atoms with Gasteiger partial charge in [0.2, 0.25) is 0 Å². The van der Waals surface area contributed by atoms with Crippen LogP contribution >= 0.6 is 0 Å². The van der Waals surface area contributed by atoms with Gasteiger partial charge in [0.05, 0.1) is 48.5 Å². The maximum atomic E-state index is 12.4. The third kappa shape index (κ3) is 18.9. The second-order valence-corrected chi connectivity index (χ2v) is 17.3. The summed E-state index contributed by atoms with van der Waals surface area (Å²) in [5, 5.41) is 23.1. The predicted octanol–water partition coefficient (Wildman–Crippen LogP) is 8.13. The Balaban J connectivity index is 1.53. The normalized spacial score (nSPS) is 11.4. The van der Waals surface area contributed by atoms with Crippen molar-refractivity contribution in [3.8, 4) is 23.0 Å². The van der Waals surface area contributed by atoms with Gasteiger partial charge in [0.15, 0.2) is 23.0 Å². The topological polar surface area (TPSA) is 259 Å². The van der Waals surface area contributed by atoms with Crippen molar-refractivity contribution in [1.82, 2.24) is 62.5 Å². The molecule has 5 rings (SSSR count). The molecule has 8 amide bonds. The van der Waals surface area contributed by atoms with Crippen LogP contribution in [0.2, 0.25) is 0 Å². The first-order chi connectivity index (χ1) is 35.2. The van der Waals surface area contributed by atoms with Gasteiger partial charge in [-0.25, -0.2) is 29.1 Å². The number of nitrogens with zero attached hydrogens (tertiary/aromatic N) is 2. The summed E-state index contributed by atoms with van der Waals surface area (Å²) in [7, 11) is 0. The van der Waals surface area contributed by atoms with Crippen LogP contribution in [0.3, 0.4) is 0 Å². The van der Waals surface area contributed by atoms with E-state index in [1.165, 1.54) is 0 Å². The van der Waals surface area contributed by atoms with Crippen molar-refractivity contribution in [1.29, 1.82) is 0 Å². The Morgan fingerprint density at radius 3 is 0.889 bits per heavy atom. The lowest BCUT2D eigenvalue weighted by atomic mass is 10.2. The van der Waals surface area contributed by atoms with E-state index in [0.29, 0.717) is 146 Å². The molecule has 2 aliphatic heterocycles. The van der Waals surface area contributed by atoms with E-state index < -0.39 is 0 Å². The van der Waals surface area contributed by atoms with Crippen LogP contribution in [0.5, 0.6) is 23.0 Å². The summed E-state index contributed by atoms with van der Waals surface area (Å²) < 4.78 is 26.1. The highest BCUT2D eigenvalue weighted by Gasteiger charge is 2.20. The van der Waals surface area contributed by atoms with Gasteiger partial charge in [-0.2, -0.15) is 0 Å². The molecule has 72 heavy (non-hydrogen) atoms. The molecule has 0 aromatic carbocycles. The number of rotatable bonds is 32. The van der Waals surface area contributed by atoms with E-state index in [0.717, 1.165) is 51.4 Å². The minimum Gasteiger partial charge on any atom is -0.489 e. The molecule has 394 valence electrons. The molecule has 2 aliphatic rings. The number of carbonyl (C=O) groups is 4. The van der Waals surface area contributed by atoms with Crippen LogP contribution in [0.4, 0.5) is 19.2 Å². The second kappa shape index (κ2) is 32.0. The Hall–Kier alpha value is -7.12. The van der Waals surface area contributed by atoms with Crippen LogP contribution in [0.15, 0.2) is 24.3 Å². The first kappa shape index (κ1) is 55.8. The molecule has 0 spiro atoms. The zero-order valence-electron chi connectivity index (χ0n) is 42.7. The summed E-state index contributed by atoms with van der Waals surface area (Å²) in [6, 6.07) is 6.76. The highest BCUT2D eigenvalue weighted by atomic mass is 16.5. The number of fused-ring (bicyclic) bond motifs is 8. The minimum absolute atomic E-state index is 0.215. The van der Waals surface area contributed by atoms with Crippen molar-refractivity contribution < 1.29 is 38.1 Å². The number of urea groups is 4. The quantitative estimate of drug-likeness (QED) is 0.0185. The first-order valence-corrected chi connectivity index (χ1v) is 26.0. The van der Waals surface area contributed by atoms with E-state index >= 15 is 0 Å². The van der Waals surface area contributed by atoms with E-state index in [4.69, 9.17) is 28.9 Å². The van der Waals surface area contributed by atoms with Gasteiger partial charge in [-0.05, 0) is 99.9 Å². The maximum Gasteiger partial charge on any atom is 0.314 e. The smallest absolute Gasteiger partial charge is 0.314 e. The van der Waals surface area contributed by atoms with Gasteiger partial charge in [0, 0.05) is 52.4 Å². The molecule has 0 radical (unpaired) electrons. The van der Waals surface area contributed by atoms with Crippen molar-refractivity contribution in [2.45, 2.75) is 105 Å². The molecule has 3 aromatic heterocycles. The Labute approximate surface area is 423 Å². The molecule has 10 N–H and O–H groups in total. The van der Waals surface area contributed by atoms with Crippen LogP contribution in [-0.2, 0) is 0 Å². The molecular weight excluding hydrogens is 921 g/mol. The standard InChI is InChI=1S/C52H78N12O8/c1-5-9-25-53-49(65)57-29-13-33-69-45-37-17-19-39(61-37)46(70-34-14-30-58-50(66)54-26-10-6-2)41-21-23-43(63-41)48(72-36-16-32-60-52(68)56-28-12-8-4)44-24-22-42(64-44)47(40-20-18-38(45)62-40)71-35-15-31-59-51(67)55-27-11-7-3/h17-24,61-62H,5-16,25-36H2,1-4H3,(H2,53,57,65)(H2,54,58,66)(H2,55,59,67)(H2,56,60,68). The number of H-pyrrole nitrogens is 2.